The summed E-state index contributed by atoms with van der Waals surface area (Å²) in [5.41, 5.74) is 5.20. The minimum atomic E-state index is -0.406. The molecule has 2 N–H and O–H groups in total. The van der Waals surface area contributed by atoms with Gasteiger partial charge in [0, 0.05) is 28.4 Å². The van der Waals surface area contributed by atoms with Gasteiger partial charge in [0.15, 0.2) is 0 Å². The number of carbonyl (C=O) groups is 1. The standard InChI is InChI=1S/C8H13Cl4NO/c9-3-6(11)1-5(8(13)14)2-7(12)4-10/h5-7H,1-4H2,(H2,13,14). The molecule has 0 aromatic carbocycles. The van der Waals surface area contributed by atoms with Gasteiger partial charge in [0.25, 0.3) is 0 Å². The van der Waals surface area contributed by atoms with E-state index in [0.29, 0.717) is 24.6 Å². The lowest BCUT2D eigenvalue weighted by atomic mass is 9.97. The van der Waals surface area contributed by atoms with Crippen molar-refractivity contribution in [3.8, 4) is 0 Å². The summed E-state index contributed by atoms with van der Waals surface area (Å²) < 4.78 is 0. The van der Waals surface area contributed by atoms with Gasteiger partial charge < -0.3 is 5.73 Å². The largest absolute Gasteiger partial charge is 0.369 e. The highest BCUT2D eigenvalue weighted by Gasteiger charge is 2.22. The molecular weight excluding hydrogens is 268 g/mol. The Labute approximate surface area is 104 Å². The van der Waals surface area contributed by atoms with Gasteiger partial charge in [-0.1, -0.05) is 0 Å². The molecule has 0 aliphatic rings. The Kier molecular flexibility index (Phi) is 8.22. The maximum absolute atomic E-state index is 11.0. The van der Waals surface area contributed by atoms with Gasteiger partial charge in [0.1, 0.15) is 0 Å². The molecule has 1 amide bonds. The van der Waals surface area contributed by atoms with E-state index >= 15 is 0 Å². The first-order chi connectivity index (χ1) is 6.51. The molecule has 0 aliphatic heterocycles. The molecule has 84 valence electrons. The molecule has 6 heteroatoms. The highest BCUT2D eigenvalue weighted by molar-refractivity contribution is 6.28. The van der Waals surface area contributed by atoms with Crippen LogP contribution in [0.4, 0.5) is 0 Å². The monoisotopic (exact) mass is 279 g/mol. The van der Waals surface area contributed by atoms with Crippen LogP contribution in [-0.4, -0.2) is 28.4 Å². The molecule has 14 heavy (non-hydrogen) atoms. The smallest absolute Gasteiger partial charge is 0.220 e. The van der Waals surface area contributed by atoms with E-state index in [4.69, 9.17) is 52.1 Å². The van der Waals surface area contributed by atoms with Crippen molar-refractivity contribution in [3.05, 3.63) is 0 Å². The summed E-state index contributed by atoms with van der Waals surface area (Å²) in [6, 6.07) is 0. The highest BCUT2D eigenvalue weighted by atomic mass is 35.5. The number of hydrogen-bond donors (Lipinski definition) is 1. The van der Waals surface area contributed by atoms with Gasteiger partial charge in [0.2, 0.25) is 5.91 Å². The maximum atomic E-state index is 11.0. The van der Waals surface area contributed by atoms with Crippen molar-refractivity contribution in [1.82, 2.24) is 0 Å². The molecule has 2 unspecified atom stereocenters. The molecule has 0 heterocycles. The van der Waals surface area contributed by atoms with Gasteiger partial charge in [-0.2, -0.15) is 0 Å². The van der Waals surface area contributed by atoms with Crippen LogP contribution in [0.3, 0.4) is 0 Å². The lowest BCUT2D eigenvalue weighted by Crippen LogP contribution is -2.28. The van der Waals surface area contributed by atoms with Gasteiger partial charge >= 0.3 is 0 Å². The average molecular weight is 281 g/mol. The molecule has 0 aromatic rings. The van der Waals surface area contributed by atoms with Crippen molar-refractivity contribution < 1.29 is 4.79 Å². The van der Waals surface area contributed by atoms with E-state index in [2.05, 4.69) is 0 Å². The van der Waals surface area contributed by atoms with Crippen molar-refractivity contribution in [3.63, 3.8) is 0 Å². The molecule has 0 saturated carbocycles. The first-order valence-electron chi connectivity index (χ1n) is 4.20. The molecule has 2 nitrogen and oxygen atoms in total. The third-order valence-corrected chi connectivity index (χ3v) is 3.54. The summed E-state index contributed by atoms with van der Waals surface area (Å²) in [5.74, 6) is -0.174. The van der Waals surface area contributed by atoms with Crippen LogP contribution in [0, 0.1) is 5.92 Å². The number of primary amides is 1. The van der Waals surface area contributed by atoms with E-state index in [-0.39, 0.29) is 16.7 Å². The summed E-state index contributed by atoms with van der Waals surface area (Å²) >= 11 is 22.7. The lowest BCUT2D eigenvalue weighted by molar-refractivity contribution is -0.122. The normalized spacial score (nSPS) is 17.4. The predicted octanol–water partition coefficient (Wildman–Crippen LogP) is 2.56. The van der Waals surface area contributed by atoms with Crippen molar-refractivity contribution in [2.75, 3.05) is 11.8 Å². The number of alkyl halides is 4. The van der Waals surface area contributed by atoms with E-state index in [9.17, 15) is 4.79 Å². The average Bonchev–Trinajstić information content (AvgIpc) is 2.16. The van der Waals surface area contributed by atoms with Gasteiger partial charge in [0.05, 0.1) is 0 Å². The third kappa shape index (κ3) is 6.18. The number of nitrogens with two attached hydrogens (primary N) is 1. The SMILES string of the molecule is NC(=O)C(CC(Cl)CCl)CC(Cl)CCl. The fraction of sp³-hybridized carbons (Fsp3) is 0.875. The second-order valence-corrected chi connectivity index (χ2v) is 4.93. The predicted molar refractivity (Wildman–Crippen MR) is 62.6 cm³/mol. The zero-order chi connectivity index (χ0) is 11.1. The summed E-state index contributed by atoms with van der Waals surface area (Å²) in [5, 5.41) is -0.512. The van der Waals surface area contributed by atoms with Gasteiger partial charge in [-0.3, -0.25) is 4.79 Å². The Morgan fingerprint density at radius 2 is 1.43 bits per heavy atom. The number of rotatable bonds is 7. The second kappa shape index (κ2) is 7.86. The molecule has 0 radical (unpaired) electrons. The Balaban J connectivity index is 4.09. The first kappa shape index (κ1) is 14.6. The van der Waals surface area contributed by atoms with Crippen LogP contribution in [0.2, 0.25) is 0 Å². The van der Waals surface area contributed by atoms with Crippen LogP contribution < -0.4 is 5.73 Å². The molecule has 0 fully saturated rings. The van der Waals surface area contributed by atoms with E-state index in [1.165, 1.54) is 0 Å². The fourth-order valence-electron chi connectivity index (χ4n) is 1.07. The van der Waals surface area contributed by atoms with Crippen molar-refractivity contribution in [2.24, 2.45) is 11.7 Å². The van der Waals surface area contributed by atoms with Crippen LogP contribution in [-0.2, 0) is 4.79 Å². The van der Waals surface area contributed by atoms with Crippen LogP contribution >= 0.6 is 46.4 Å². The molecule has 0 aliphatic carbocycles. The van der Waals surface area contributed by atoms with Crippen LogP contribution in [0.1, 0.15) is 12.8 Å². The molecule has 0 aromatic heterocycles. The number of halogens is 4. The maximum Gasteiger partial charge on any atom is 0.220 e. The van der Waals surface area contributed by atoms with E-state index < -0.39 is 5.91 Å². The van der Waals surface area contributed by atoms with Crippen molar-refractivity contribution in [1.29, 1.82) is 0 Å². The Hall–Kier alpha value is 0.630. The number of amides is 1. The molecule has 0 spiro atoms. The Morgan fingerprint density at radius 1 is 1.07 bits per heavy atom. The fourth-order valence-corrected chi connectivity index (χ4v) is 1.75. The quantitative estimate of drug-likeness (QED) is 0.716. The minimum absolute atomic E-state index is 0.256. The van der Waals surface area contributed by atoms with Crippen molar-refractivity contribution >= 4 is 52.3 Å². The summed E-state index contributed by atoms with van der Waals surface area (Å²) in [6.45, 7) is 0. The summed E-state index contributed by atoms with van der Waals surface area (Å²) in [4.78, 5) is 11.0. The molecule has 0 bridgehead atoms. The number of carbonyl (C=O) groups excluding carboxylic acids is 1. The van der Waals surface area contributed by atoms with Crippen LogP contribution in [0.5, 0.6) is 0 Å². The van der Waals surface area contributed by atoms with Crippen LogP contribution in [0.15, 0.2) is 0 Å². The van der Waals surface area contributed by atoms with Gasteiger partial charge in [-0.25, -0.2) is 0 Å². The molecular formula is C8H13Cl4NO. The minimum Gasteiger partial charge on any atom is -0.369 e. The first-order valence-corrected chi connectivity index (χ1v) is 6.14. The van der Waals surface area contributed by atoms with Crippen LogP contribution in [0.25, 0.3) is 0 Å². The summed E-state index contributed by atoms with van der Waals surface area (Å²) in [6.07, 6.45) is 0.890. The third-order valence-electron chi connectivity index (χ3n) is 1.82. The van der Waals surface area contributed by atoms with E-state index in [1.807, 2.05) is 0 Å². The molecule has 2 atom stereocenters. The lowest BCUT2D eigenvalue weighted by Gasteiger charge is -2.17. The Morgan fingerprint density at radius 3 is 1.64 bits per heavy atom. The zero-order valence-electron chi connectivity index (χ0n) is 7.56. The molecule has 0 saturated heterocycles. The number of hydrogen-bond acceptors (Lipinski definition) is 1. The van der Waals surface area contributed by atoms with E-state index in [0.717, 1.165) is 0 Å². The van der Waals surface area contributed by atoms with Crippen molar-refractivity contribution in [2.45, 2.75) is 23.6 Å². The highest BCUT2D eigenvalue weighted by Crippen LogP contribution is 2.20. The van der Waals surface area contributed by atoms with E-state index in [1.54, 1.807) is 0 Å². The Bertz CT molecular complexity index is 167. The van der Waals surface area contributed by atoms with Gasteiger partial charge in [-0.05, 0) is 12.8 Å². The second-order valence-electron chi connectivity index (χ2n) is 3.07. The van der Waals surface area contributed by atoms with Gasteiger partial charge in [-0.15, -0.1) is 46.4 Å². The summed E-state index contributed by atoms with van der Waals surface area (Å²) in [7, 11) is 0. The zero-order valence-corrected chi connectivity index (χ0v) is 10.6. The molecule has 0 rings (SSSR count). The topological polar surface area (TPSA) is 43.1 Å².